The van der Waals surface area contributed by atoms with E-state index in [2.05, 4.69) is 23.3 Å². The second-order valence-corrected chi connectivity index (χ2v) is 12.0. The van der Waals surface area contributed by atoms with Crippen LogP contribution in [0.5, 0.6) is 0 Å². The molecule has 0 spiro atoms. The van der Waals surface area contributed by atoms with E-state index in [1.54, 1.807) is 0 Å². The number of hydrogen-bond acceptors (Lipinski definition) is 6. The number of unbranched alkanes of at least 4 members (excludes halogenated alkanes) is 7. The van der Waals surface area contributed by atoms with E-state index < -0.39 is 23.6 Å². The molecule has 1 fully saturated rings. The van der Waals surface area contributed by atoms with Crippen LogP contribution in [-0.2, 0) is 4.79 Å². The van der Waals surface area contributed by atoms with Gasteiger partial charge in [-0.3, -0.25) is 9.79 Å². The summed E-state index contributed by atoms with van der Waals surface area (Å²) in [5.41, 5.74) is 0.359. The maximum absolute atomic E-state index is 12.0. The van der Waals surface area contributed by atoms with Crippen molar-refractivity contribution >= 4 is 12.2 Å². The largest absolute Gasteiger partial charge is 0.481 e. The number of rotatable bonds is 22. The minimum atomic E-state index is -0.979. The number of carboxylic acids is 1. The lowest BCUT2D eigenvalue weighted by Gasteiger charge is -2.35. The standard InChI is InChI=1S/C31H56N2O5/c1-3-4-5-6-9-12-27(34)13-10-7-8-11-14-28(30(36)37)29(35)20-26(23-32-2)31(38)17-15-24(21-31)19-25-16-18-33-22-25/h16,22,24,26-29,32,34-35,38H,3-15,17-21,23H2,1-2H3,(H,36,37). The molecule has 0 radical (unpaired) electrons. The predicted octanol–water partition coefficient (Wildman–Crippen LogP) is 5.27. The molecule has 0 bridgehead atoms. The van der Waals surface area contributed by atoms with Gasteiger partial charge in [0, 0.05) is 18.7 Å². The van der Waals surface area contributed by atoms with Gasteiger partial charge in [-0.05, 0) is 69.9 Å². The SMILES string of the molecule is CCCCCCCC(O)CCCCCCC(C(=O)O)C(O)CC(CNC)C1(O)CCC(CC2=CCN=C2)C1. The zero-order chi connectivity index (χ0) is 27.8. The van der Waals surface area contributed by atoms with Crippen LogP contribution < -0.4 is 5.32 Å². The second kappa shape index (κ2) is 18.1. The van der Waals surface area contributed by atoms with Gasteiger partial charge in [-0.2, -0.15) is 0 Å². The van der Waals surface area contributed by atoms with E-state index in [0.29, 0.717) is 31.7 Å². The number of allylic oxidation sites excluding steroid dienone is 1. The first-order chi connectivity index (χ1) is 18.3. The van der Waals surface area contributed by atoms with Gasteiger partial charge in [0.2, 0.25) is 0 Å². The van der Waals surface area contributed by atoms with E-state index in [-0.39, 0.29) is 18.4 Å². The van der Waals surface area contributed by atoms with E-state index in [4.69, 9.17) is 0 Å². The number of aliphatic carboxylic acids is 1. The molecule has 0 aromatic heterocycles. The van der Waals surface area contributed by atoms with Gasteiger partial charge >= 0.3 is 5.97 Å². The highest BCUT2D eigenvalue weighted by Crippen LogP contribution is 2.44. The van der Waals surface area contributed by atoms with Crippen LogP contribution in [0, 0.1) is 17.8 Å². The van der Waals surface area contributed by atoms with E-state index in [1.165, 1.54) is 31.3 Å². The molecule has 6 atom stereocenters. The van der Waals surface area contributed by atoms with E-state index in [1.807, 2.05) is 13.3 Å². The normalized spacial score (nSPS) is 24.3. The minimum absolute atomic E-state index is 0.191. The number of carbonyl (C=O) groups is 1. The number of carboxylic acid groups (broad SMARTS) is 1. The molecule has 1 saturated carbocycles. The van der Waals surface area contributed by atoms with Gasteiger partial charge in [-0.1, -0.05) is 70.8 Å². The highest BCUT2D eigenvalue weighted by atomic mass is 16.4. The van der Waals surface area contributed by atoms with Crippen molar-refractivity contribution in [3.05, 3.63) is 11.6 Å². The van der Waals surface area contributed by atoms with Crippen molar-refractivity contribution in [2.75, 3.05) is 20.1 Å². The van der Waals surface area contributed by atoms with Crippen molar-refractivity contribution in [1.82, 2.24) is 5.32 Å². The number of nitrogens with one attached hydrogen (secondary N) is 1. The lowest BCUT2D eigenvalue weighted by molar-refractivity contribution is -0.147. The summed E-state index contributed by atoms with van der Waals surface area (Å²) in [6, 6.07) is 0. The van der Waals surface area contributed by atoms with Crippen molar-refractivity contribution in [3.63, 3.8) is 0 Å². The van der Waals surface area contributed by atoms with Crippen LogP contribution in [0.2, 0.25) is 0 Å². The quantitative estimate of drug-likeness (QED) is 0.120. The Kier molecular flexibility index (Phi) is 15.7. The van der Waals surface area contributed by atoms with E-state index in [0.717, 1.165) is 64.3 Å². The molecule has 1 aliphatic carbocycles. The maximum atomic E-state index is 12.0. The highest BCUT2D eigenvalue weighted by Gasteiger charge is 2.44. The van der Waals surface area contributed by atoms with Crippen LogP contribution in [0.25, 0.3) is 0 Å². The monoisotopic (exact) mass is 536 g/mol. The van der Waals surface area contributed by atoms with E-state index in [9.17, 15) is 25.2 Å². The Morgan fingerprint density at radius 1 is 1.08 bits per heavy atom. The summed E-state index contributed by atoms with van der Waals surface area (Å²) in [7, 11) is 1.84. The molecule has 0 amide bonds. The molecule has 0 aromatic carbocycles. The third kappa shape index (κ3) is 11.8. The Morgan fingerprint density at radius 3 is 2.32 bits per heavy atom. The molecule has 2 aliphatic rings. The minimum Gasteiger partial charge on any atom is -0.481 e. The van der Waals surface area contributed by atoms with Crippen molar-refractivity contribution in [1.29, 1.82) is 0 Å². The lowest BCUT2D eigenvalue weighted by atomic mass is 9.78. The molecule has 1 heterocycles. The summed E-state index contributed by atoms with van der Waals surface area (Å²) in [4.78, 5) is 16.3. The number of aliphatic hydroxyl groups is 3. The van der Waals surface area contributed by atoms with Crippen LogP contribution in [0.15, 0.2) is 16.6 Å². The van der Waals surface area contributed by atoms with Crippen LogP contribution in [0.3, 0.4) is 0 Å². The molecule has 2 rings (SSSR count). The Hall–Kier alpha value is -1.28. The Morgan fingerprint density at radius 2 is 1.74 bits per heavy atom. The molecule has 0 saturated heterocycles. The summed E-state index contributed by atoms with van der Waals surface area (Å²) in [5, 5.41) is 45.7. The molecule has 1 aliphatic heterocycles. The van der Waals surface area contributed by atoms with Gasteiger partial charge in [-0.15, -0.1) is 0 Å². The average Bonchev–Trinajstić information content (AvgIpc) is 3.53. The summed E-state index contributed by atoms with van der Waals surface area (Å²) in [6.07, 6.45) is 18.2. The zero-order valence-electron chi connectivity index (χ0n) is 24.1. The van der Waals surface area contributed by atoms with Crippen molar-refractivity contribution in [2.45, 2.75) is 134 Å². The van der Waals surface area contributed by atoms with Crippen LogP contribution in [-0.4, -0.2) is 70.6 Å². The fourth-order valence-corrected chi connectivity index (χ4v) is 6.47. The van der Waals surface area contributed by atoms with Crippen LogP contribution in [0.1, 0.15) is 116 Å². The first kappa shape index (κ1) is 32.9. The second-order valence-electron chi connectivity index (χ2n) is 12.0. The fourth-order valence-electron chi connectivity index (χ4n) is 6.47. The molecule has 5 N–H and O–H groups in total. The number of aliphatic imine (C=N–C) groups is 1. The lowest BCUT2D eigenvalue weighted by Crippen LogP contribution is -2.44. The van der Waals surface area contributed by atoms with Gasteiger partial charge in [-0.25, -0.2) is 0 Å². The summed E-state index contributed by atoms with van der Waals surface area (Å²) in [6.45, 7) is 3.51. The van der Waals surface area contributed by atoms with Gasteiger partial charge in [0.05, 0.1) is 30.3 Å². The van der Waals surface area contributed by atoms with Gasteiger partial charge in [0.25, 0.3) is 0 Å². The third-order valence-corrected chi connectivity index (χ3v) is 8.83. The van der Waals surface area contributed by atoms with Crippen molar-refractivity contribution in [2.24, 2.45) is 22.7 Å². The average molecular weight is 537 g/mol. The summed E-state index contributed by atoms with van der Waals surface area (Å²) in [5.74, 6) is -1.57. The number of hydrogen-bond donors (Lipinski definition) is 5. The number of nitrogens with zero attached hydrogens (tertiary/aromatic N) is 1. The Bertz CT molecular complexity index is 727. The fraction of sp³-hybridized carbons (Fsp3) is 0.871. The van der Waals surface area contributed by atoms with Crippen LogP contribution >= 0.6 is 0 Å². The first-order valence-corrected chi connectivity index (χ1v) is 15.4. The molecular weight excluding hydrogens is 480 g/mol. The Labute approximate surface area is 231 Å². The molecule has 7 heteroatoms. The molecular formula is C31H56N2O5. The first-order valence-electron chi connectivity index (χ1n) is 15.4. The van der Waals surface area contributed by atoms with E-state index >= 15 is 0 Å². The Balaban J connectivity index is 1.73. The molecule has 7 nitrogen and oxygen atoms in total. The summed E-state index contributed by atoms with van der Waals surface area (Å²) < 4.78 is 0. The van der Waals surface area contributed by atoms with Crippen LogP contribution in [0.4, 0.5) is 0 Å². The van der Waals surface area contributed by atoms with Crippen molar-refractivity contribution in [3.8, 4) is 0 Å². The zero-order valence-corrected chi connectivity index (χ0v) is 24.1. The summed E-state index contributed by atoms with van der Waals surface area (Å²) >= 11 is 0. The van der Waals surface area contributed by atoms with Gasteiger partial charge in [0.1, 0.15) is 0 Å². The van der Waals surface area contributed by atoms with Crippen molar-refractivity contribution < 1.29 is 25.2 Å². The topological polar surface area (TPSA) is 122 Å². The number of aliphatic hydroxyl groups excluding tert-OH is 2. The molecule has 220 valence electrons. The molecule has 0 aromatic rings. The highest BCUT2D eigenvalue weighted by molar-refractivity contribution is 5.80. The third-order valence-electron chi connectivity index (χ3n) is 8.83. The smallest absolute Gasteiger partial charge is 0.309 e. The van der Waals surface area contributed by atoms with Gasteiger partial charge < -0.3 is 25.7 Å². The molecule has 6 unspecified atom stereocenters. The van der Waals surface area contributed by atoms with Gasteiger partial charge in [0.15, 0.2) is 0 Å². The maximum Gasteiger partial charge on any atom is 0.309 e. The predicted molar refractivity (Wildman–Crippen MR) is 155 cm³/mol. The molecule has 38 heavy (non-hydrogen) atoms.